The highest BCUT2D eigenvalue weighted by molar-refractivity contribution is 8.00. The van der Waals surface area contributed by atoms with Gasteiger partial charge in [-0.05, 0) is 58.9 Å². The van der Waals surface area contributed by atoms with E-state index in [4.69, 9.17) is 75.8 Å². The Morgan fingerprint density at radius 2 is 0.380 bits per heavy atom. The van der Waals surface area contributed by atoms with E-state index in [1.54, 1.807) is 0 Å². The van der Waals surface area contributed by atoms with Crippen molar-refractivity contribution in [2.45, 2.75) is 314 Å². The second-order valence-corrected chi connectivity index (χ2v) is 38.3. The zero-order chi connectivity index (χ0) is 78.2. The van der Waals surface area contributed by atoms with Crippen molar-refractivity contribution >= 4 is 94.1 Å². The van der Waals surface area contributed by atoms with Crippen molar-refractivity contribution in [3.63, 3.8) is 0 Å². The number of hydrogen-bond acceptors (Lipinski definition) is 40. The minimum Gasteiger partial charge on any atom is -0.390 e. The largest absolute Gasteiger partial charge is 0.390 e. The Hall–Kier alpha value is 1.52. The van der Waals surface area contributed by atoms with Gasteiger partial charge in [-0.1, -0.05) is 61.8 Å². The summed E-state index contributed by atoms with van der Waals surface area (Å²) in [5, 5.41) is 192. The molecule has 0 aromatic rings. The predicted molar refractivity (Wildman–Crippen MR) is 407 cm³/mol. The quantitative estimate of drug-likeness (QED) is 0.0502. The molecule has 0 radical (unpaired) electrons. The lowest BCUT2D eigenvalue weighted by atomic mass is 9.85. The number of aliphatic hydroxyl groups excluding tert-OH is 16. The fourth-order valence-electron chi connectivity index (χ4n) is 14.5. The van der Waals surface area contributed by atoms with E-state index >= 15 is 0 Å². The zero-order valence-corrected chi connectivity index (χ0v) is 68.7. The van der Waals surface area contributed by atoms with Crippen LogP contribution in [0.4, 0.5) is 0 Å². The van der Waals surface area contributed by atoms with Crippen molar-refractivity contribution in [2.75, 3.05) is 98.7 Å². The number of hydrogen-bond donors (Lipinski definition) is 16. The third kappa shape index (κ3) is 23.2. The Kier molecular flexibility index (Phi) is 39.6. The van der Waals surface area contributed by atoms with Gasteiger partial charge < -0.3 is 157 Å². The van der Waals surface area contributed by atoms with Crippen LogP contribution in [-0.2, 0) is 75.8 Å². The Balaban J connectivity index is 1.01. The monoisotopic (exact) mass is 1700 g/mol. The summed E-state index contributed by atoms with van der Waals surface area (Å²) in [4.78, 5) is 0. The van der Waals surface area contributed by atoms with Crippen LogP contribution in [-0.4, -0.2) is 420 Å². The molecule has 0 spiro atoms. The average Bonchev–Trinajstić information content (AvgIpc) is 0.775. The van der Waals surface area contributed by atoms with Crippen LogP contribution in [0.2, 0.25) is 0 Å². The van der Waals surface area contributed by atoms with Crippen LogP contribution in [0.15, 0.2) is 0 Å². The number of rotatable bonds is 24. The van der Waals surface area contributed by atoms with Gasteiger partial charge in [0.25, 0.3) is 0 Å². The van der Waals surface area contributed by atoms with Crippen LogP contribution in [0.1, 0.15) is 74.7 Å². The van der Waals surface area contributed by atoms with Crippen molar-refractivity contribution in [1.29, 1.82) is 0 Å². The smallest absolute Gasteiger partial charge is 0.187 e. The standard InChI is InChI=1S/C68H120O32S8/c1-9-101-21-30-29-19-17-18-20-85-61-47(78)39(70)54(31(87-61)22-102-10-2)95-63-49(80)41(72)56(33(89-63)24-104-12-4)97-65-51(82)43(74)58(35(91-65)26-106-14-6)99-67-53(84)45(76)60(37(93-67)28-108-16-8)100-68-52(83)44(75)59(36(92-68)27-107-15-7)98-66-50(81)42(73)57(34(90-66)25-105-13-5)96-64-48(79)40(71)55(32(88-64)23-103-11-3)94-62(86-30)46(77)38(29)69/h29-84H,9-28H2,1-8H3. The van der Waals surface area contributed by atoms with Gasteiger partial charge in [-0.3, -0.25) is 0 Å². The van der Waals surface area contributed by atoms with Crippen LogP contribution in [0.5, 0.6) is 0 Å². The first-order chi connectivity index (χ1) is 51.9. The molecule has 108 heavy (non-hydrogen) atoms. The fraction of sp³-hybridized carbons (Fsp3) is 1.00. The second kappa shape index (κ2) is 45.8. The minimum atomic E-state index is -1.96. The molecule has 27 aliphatic heterocycles. The molecule has 32 nitrogen and oxygen atoms in total. The third-order valence-electron chi connectivity index (χ3n) is 20.5. The first-order valence-corrected chi connectivity index (χ1v) is 47.1. The molecule has 40 unspecified atom stereocenters. The van der Waals surface area contributed by atoms with Crippen LogP contribution < -0.4 is 0 Å². The predicted octanol–water partition coefficient (Wildman–Crippen LogP) is -1.90. The van der Waals surface area contributed by atoms with Gasteiger partial charge in [0.15, 0.2) is 50.3 Å². The average molecular weight is 1710 g/mol. The molecule has 0 aromatic carbocycles. The Labute approximate surface area is 666 Å². The molecule has 632 valence electrons. The van der Waals surface area contributed by atoms with E-state index < -0.39 is 245 Å². The summed E-state index contributed by atoms with van der Waals surface area (Å²) >= 11 is 11.2. The van der Waals surface area contributed by atoms with E-state index in [-0.39, 0.29) is 46.9 Å². The summed E-state index contributed by atoms with van der Waals surface area (Å²) in [6, 6.07) is 0. The molecule has 27 rings (SSSR count). The van der Waals surface area contributed by atoms with E-state index in [0.717, 1.165) is 0 Å². The molecule has 40 heteroatoms. The molecule has 27 heterocycles. The summed E-state index contributed by atoms with van der Waals surface area (Å²) in [5.41, 5.74) is 0. The molecule has 40 atom stereocenters. The maximum atomic E-state index is 12.2. The van der Waals surface area contributed by atoms with Crippen molar-refractivity contribution < 1.29 is 157 Å². The van der Waals surface area contributed by atoms with Crippen molar-refractivity contribution in [2.24, 2.45) is 5.92 Å². The Morgan fingerprint density at radius 3 is 0.593 bits per heavy atom. The molecule has 16 bridgehead atoms. The fourth-order valence-corrected chi connectivity index (χ4v) is 20.5. The number of thioether (sulfide) groups is 8. The van der Waals surface area contributed by atoms with Crippen LogP contribution in [0.25, 0.3) is 0 Å². The van der Waals surface area contributed by atoms with Gasteiger partial charge in [0.1, 0.15) is 134 Å². The van der Waals surface area contributed by atoms with Gasteiger partial charge in [0, 0.05) is 58.5 Å². The van der Waals surface area contributed by atoms with Crippen molar-refractivity contribution in [1.82, 2.24) is 0 Å². The zero-order valence-electron chi connectivity index (χ0n) is 62.2. The maximum absolute atomic E-state index is 12.2. The van der Waals surface area contributed by atoms with E-state index in [9.17, 15) is 81.7 Å². The molecule has 0 aromatic heterocycles. The Morgan fingerprint density at radius 1 is 0.204 bits per heavy atom. The van der Waals surface area contributed by atoms with E-state index in [1.165, 1.54) is 94.1 Å². The summed E-state index contributed by atoms with van der Waals surface area (Å²) in [6.45, 7) is 15.2. The molecule has 0 saturated carbocycles. The van der Waals surface area contributed by atoms with Crippen LogP contribution >= 0.6 is 94.1 Å². The van der Waals surface area contributed by atoms with Gasteiger partial charge in [-0.25, -0.2) is 0 Å². The molecular formula is C68H120O32S8. The highest BCUT2D eigenvalue weighted by atomic mass is 32.2. The number of aliphatic hydroxyl groups is 16. The highest BCUT2D eigenvalue weighted by Gasteiger charge is 2.60. The topological polar surface area (TPSA) is 471 Å². The summed E-state index contributed by atoms with van der Waals surface area (Å²) in [6.07, 6.45) is -59.8. The summed E-state index contributed by atoms with van der Waals surface area (Å²) in [7, 11) is 0. The number of ether oxygens (including phenoxy) is 16. The minimum absolute atomic E-state index is 0.00494. The van der Waals surface area contributed by atoms with Gasteiger partial charge in [-0.15, -0.1) is 0 Å². The Bertz CT molecular complexity index is 2540. The van der Waals surface area contributed by atoms with Gasteiger partial charge in [-0.2, -0.15) is 94.1 Å². The molecule has 0 amide bonds. The van der Waals surface area contributed by atoms with Crippen LogP contribution in [0.3, 0.4) is 0 Å². The lowest BCUT2D eigenvalue weighted by Crippen LogP contribution is -2.68. The molecule has 27 fully saturated rings. The molecule has 27 aliphatic rings. The lowest BCUT2D eigenvalue weighted by molar-refractivity contribution is -0.391. The van der Waals surface area contributed by atoms with E-state index in [2.05, 4.69) is 0 Å². The van der Waals surface area contributed by atoms with Gasteiger partial charge >= 0.3 is 0 Å². The second-order valence-electron chi connectivity index (χ2n) is 27.7. The van der Waals surface area contributed by atoms with E-state index in [1.807, 2.05) is 55.4 Å². The van der Waals surface area contributed by atoms with Crippen molar-refractivity contribution in [3.05, 3.63) is 0 Å². The molecular weight excluding hydrogens is 1590 g/mol. The van der Waals surface area contributed by atoms with Gasteiger partial charge in [0.2, 0.25) is 0 Å². The molecule has 0 aliphatic carbocycles. The lowest BCUT2D eigenvalue weighted by Gasteiger charge is -2.50. The normalized spacial score (nSPS) is 47.8. The first kappa shape index (κ1) is 93.4. The maximum Gasteiger partial charge on any atom is 0.187 e. The summed E-state index contributed by atoms with van der Waals surface area (Å²) in [5.74, 6) is 5.22. The molecule has 16 N–H and O–H groups in total. The first-order valence-electron chi connectivity index (χ1n) is 37.8. The molecule has 27 saturated heterocycles. The SMILES string of the molecule is CCSCC1OC2OC3C(CSCC)OC(OC4C(CSCC)OC(OC5C(CSCC)OC(OC6C(CSCC)OC(OC7C(CSCC)OC(OC8C(CSCC)OC(OC9C(CSCC)OC(OCCCCC1C(O)C2O)C(O)C9O)C(O)C8O)C(O)C7O)C(O)C6O)C(O)C5O)C(O)C4O)C(O)C3O. The summed E-state index contributed by atoms with van der Waals surface area (Å²) < 4.78 is 102. The van der Waals surface area contributed by atoms with Crippen molar-refractivity contribution in [3.8, 4) is 0 Å². The van der Waals surface area contributed by atoms with Crippen LogP contribution in [0, 0.1) is 5.92 Å². The van der Waals surface area contributed by atoms with Gasteiger partial charge in [0.05, 0.1) is 54.9 Å². The highest BCUT2D eigenvalue weighted by Crippen LogP contribution is 2.42. The third-order valence-corrected chi connectivity index (χ3v) is 28.3. The van der Waals surface area contributed by atoms with E-state index in [0.29, 0.717) is 71.0 Å².